The van der Waals surface area contributed by atoms with Crippen LogP contribution in [0.25, 0.3) is 0 Å². The molecule has 2 rings (SSSR count). The topological polar surface area (TPSA) is 20.3 Å². The van der Waals surface area contributed by atoms with Gasteiger partial charge in [0.1, 0.15) is 5.78 Å². The van der Waals surface area contributed by atoms with E-state index in [9.17, 15) is 4.79 Å². The molecule has 0 aromatic carbocycles. The Bertz CT molecular complexity index is 231. The Morgan fingerprint density at radius 3 is 2.79 bits per heavy atom. The van der Waals surface area contributed by atoms with Gasteiger partial charge in [0.2, 0.25) is 0 Å². The minimum atomic E-state index is 0.268. The van der Waals surface area contributed by atoms with Crippen LogP contribution in [0.2, 0.25) is 0 Å². The quantitative estimate of drug-likeness (QED) is 0.662. The molecule has 2 saturated heterocycles. The largest absolute Gasteiger partial charge is 0.299 e. The lowest BCUT2D eigenvalue weighted by Crippen LogP contribution is -2.45. The second-order valence-electron chi connectivity index (χ2n) is 4.65. The van der Waals surface area contributed by atoms with E-state index in [4.69, 9.17) is 0 Å². The lowest BCUT2D eigenvalue weighted by molar-refractivity contribution is -0.126. The molecule has 0 saturated carbocycles. The Hall–Kier alpha value is -0.0200. The molecule has 3 unspecified atom stereocenters. The van der Waals surface area contributed by atoms with Gasteiger partial charge in [-0.1, -0.05) is 13.8 Å². The number of piperidine rings is 1. The third-order valence-corrected chi connectivity index (χ3v) is 4.74. The number of Topliss-reactive ketones (excluding diaryl/α,β-unsaturated/α-hetero) is 1. The van der Waals surface area contributed by atoms with Crippen LogP contribution in [0, 0.1) is 5.92 Å². The summed E-state index contributed by atoms with van der Waals surface area (Å²) in [5.41, 5.74) is 0. The molecule has 0 aromatic heterocycles. The van der Waals surface area contributed by atoms with Crippen molar-refractivity contribution < 1.29 is 4.79 Å². The van der Waals surface area contributed by atoms with Crippen LogP contribution in [0.1, 0.15) is 26.7 Å². The molecule has 0 N–H and O–H groups in total. The molecule has 2 heterocycles. The SMILES string of the molecule is CC1CC(N2CCC(=O)C(C)C2)CS1. The zero-order valence-electron chi connectivity index (χ0n) is 9.03. The van der Waals surface area contributed by atoms with Gasteiger partial charge in [0.25, 0.3) is 0 Å². The van der Waals surface area contributed by atoms with Crippen molar-refractivity contribution in [2.75, 3.05) is 18.8 Å². The lowest BCUT2D eigenvalue weighted by atomic mass is 9.96. The van der Waals surface area contributed by atoms with E-state index in [1.165, 1.54) is 12.2 Å². The van der Waals surface area contributed by atoms with Crippen molar-refractivity contribution in [3.8, 4) is 0 Å². The molecule has 2 aliphatic rings. The second kappa shape index (κ2) is 4.23. The average Bonchev–Trinajstić information content (AvgIpc) is 2.57. The van der Waals surface area contributed by atoms with Crippen molar-refractivity contribution in [1.29, 1.82) is 0 Å². The highest BCUT2D eigenvalue weighted by molar-refractivity contribution is 8.00. The zero-order chi connectivity index (χ0) is 10.1. The Labute approximate surface area is 90.4 Å². The molecule has 0 spiro atoms. The number of hydrogen-bond acceptors (Lipinski definition) is 3. The van der Waals surface area contributed by atoms with E-state index < -0.39 is 0 Å². The van der Waals surface area contributed by atoms with Gasteiger partial charge >= 0.3 is 0 Å². The average molecular weight is 213 g/mol. The molecule has 3 heteroatoms. The molecular weight excluding hydrogens is 194 g/mol. The highest BCUT2D eigenvalue weighted by atomic mass is 32.2. The maximum atomic E-state index is 11.4. The first-order valence-corrected chi connectivity index (χ1v) is 6.60. The van der Waals surface area contributed by atoms with Crippen molar-refractivity contribution in [3.63, 3.8) is 0 Å². The predicted octanol–water partition coefficient (Wildman–Crippen LogP) is 1.79. The van der Waals surface area contributed by atoms with Gasteiger partial charge in [-0.25, -0.2) is 0 Å². The van der Waals surface area contributed by atoms with Crippen molar-refractivity contribution in [2.24, 2.45) is 5.92 Å². The van der Waals surface area contributed by atoms with Crippen LogP contribution in [0.4, 0.5) is 0 Å². The number of ketones is 1. The summed E-state index contributed by atoms with van der Waals surface area (Å²) in [7, 11) is 0. The summed E-state index contributed by atoms with van der Waals surface area (Å²) in [4.78, 5) is 13.9. The summed E-state index contributed by atoms with van der Waals surface area (Å²) in [6, 6.07) is 0.741. The molecule has 2 nitrogen and oxygen atoms in total. The number of hydrogen-bond donors (Lipinski definition) is 0. The van der Waals surface area contributed by atoms with Gasteiger partial charge in [0.15, 0.2) is 0 Å². The Kier molecular flexibility index (Phi) is 3.17. The van der Waals surface area contributed by atoms with Gasteiger partial charge in [0.05, 0.1) is 0 Å². The Balaban J connectivity index is 1.90. The van der Waals surface area contributed by atoms with Crippen LogP contribution in [0.5, 0.6) is 0 Å². The molecule has 3 atom stereocenters. The number of thioether (sulfide) groups is 1. The maximum absolute atomic E-state index is 11.4. The van der Waals surface area contributed by atoms with Crippen molar-refractivity contribution in [1.82, 2.24) is 4.90 Å². The highest BCUT2D eigenvalue weighted by Crippen LogP contribution is 2.31. The third kappa shape index (κ3) is 2.14. The summed E-state index contributed by atoms with van der Waals surface area (Å²) in [6.45, 7) is 6.38. The fourth-order valence-corrected chi connectivity index (χ4v) is 3.68. The summed E-state index contributed by atoms with van der Waals surface area (Å²) >= 11 is 2.07. The van der Waals surface area contributed by atoms with Gasteiger partial charge in [0, 0.05) is 42.5 Å². The van der Waals surface area contributed by atoms with E-state index in [1.807, 2.05) is 0 Å². The molecule has 0 aromatic rings. The van der Waals surface area contributed by atoms with E-state index in [-0.39, 0.29) is 5.92 Å². The van der Waals surface area contributed by atoms with Gasteiger partial charge in [-0.15, -0.1) is 0 Å². The number of carbonyl (C=O) groups is 1. The van der Waals surface area contributed by atoms with Gasteiger partial charge in [-0.3, -0.25) is 9.69 Å². The first-order valence-electron chi connectivity index (χ1n) is 5.55. The van der Waals surface area contributed by atoms with Gasteiger partial charge < -0.3 is 0 Å². The Morgan fingerprint density at radius 1 is 1.43 bits per heavy atom. The third-order valence-electron chi connectivity index (χ3n) is 3.40. The number of nitrogens with zero attached hydrogens (tertiary/aromatic N) is 1. The first-order chi connectivity index (χ1) is 6.66. The normalized spacial score (nSPS) is 40.4. The molecule has 2 aliphatic heterocycles. The molecule has 80 valence electrons. The molecule has 14 heavy (non-hydrogen) atoms. The molecule has 0 aliphatic carbocycles. The summed E-state index contributed by atoms with van der Waals surface area (Å²) in [5.74, 6) is 1.99. The maximum Gasteiger partial charge on any atom is 0.138 e. The van der Waals surface area contributed by atoms with E-state index >= 15 is 0 Å². The molecule has 0 bridgehead atoms. The summed E-state index contributed by atoms with van der Waals surface area (Å²) in [6.07, 6.45) is 2.09. The van der Waals surface area contributed by atoms with Crippen LogP contribution in [-0.2, 0) is 4.79 Å². The first kappa shape index (κ1) is 10.5. The van der Waals surface area contributed by atoms with Crippen molar-refractivity contribution >= 4 is 17.5 Å². The summed E-state index contributed by atoms with van der Waals surface area (Å²) < 4.78 is 0. The zero-order valence-corrected chi connectivity index (χ0v) is 9.85. The summed E-state index contributed by atoms with van der Waals surface area (Å²) in [5, 5.41) is 0.813. The molecule has 2 fully saturated rings. The van der Waals surface area contributed by atoms with Crippen LogP contribution >= 0.6 is 11.8 Å². The minimum Gasteiger partial charge on any atom is -0.299 e. The fourth-order valence-electron chi connectivity index (χ4n) is 2.43. The molecular formula is C11H19NOS. The standard InChI is InChI=1S/C11H19NOS/c1-8-6-12(4-3-11(8)13)10-5-9(2)14-7-10/h8-10H,3-7H2,1-2H3. The smallest absolute Gasteiger partial charge is 0.138 e. The van der Waals surface area contributed by atoms with Crippen molar-refractivity contribution in [2.45, 2.75) is 38.0 Å². The number of carbonyl (C=O) groups excluding carboxylic acids is 1. The van der Waals surface area contributed by atoms with Gasteiger partial charge in [-0.05, 0) is 6.42 Å². The predicted molar refractivity (Wildman–Crippen MR) is 60.7 cm³/mol. The van der Waals surface area contributed by atoms with Crippen LogP contribution < -0.4 is 0 Å². The van der Waals surface area contributed by atoms with Gasteiger partial charge in [-0.2, -0.15) is 11.8 Å². The number of rotatable bonds is 1. The fraction of sp³-hybridized carbons (Fsp3) is 0.909. The second-order valence-corrected chi connectivity index (χ2v) is 6.12. The molecule has 0 amide bonds. The van der Waals surface area contributed by atoms with E-state index in [2.05, 4.69) is 30.5 Å². The minimum absolute atomic E-state index is 0.268. The van der Waals surface area contributed by atoms with Crippen molar-refractivity contribution in [3.05, 3.63) is 0 Å². The lowest BCUT2D eigenvalue weighted by Gasteiger charge is -2.34. The Morgan fingerprint density at radius 2 is 2.21 bits per heavy atom. The van der Waals surface area contributed by atoms with E-state index in [0.29, 0.717) is 5.78 Å². The molecule has 0 radical (unpaired) electrons. The van der Waals surface area contributed by atoms with E-state index in [0.717, 1.165) is 30.8 Å². The monoisotopic (exact) mass is 213 g/mol. The van der Waals surface area contributed by atoms with Crippen LogP contribution in [-0.4, -0.2) is 40.8 Å². The van der Waals surface area contributed by atoms with Crippen LogP contribution in [0.3, 0.4) is 0 Å². The van der Waals surface area contributed by atoms with Crippen LogP contribution in [0.15, 0.2) is 0 Å². The van der Waals surface area contributed by atoms with E-state index in [1.54, 1.807) is 0 Å². The number of likely N-dealkylation sites (tertiary alicyclic amines) is 1. The highest BCUT2D eigenvalue weighted by Gasteiger charge is 2.32.